The molecule has 2 rings (SSSR count). The maximum absolute atomic E-state index is 12.0. The van der Waals surface area contributed by atoms with Crippen LogP contribution in [0.25, 0.3) is 0 Å². The van der Waals surface area contributed by atoms with E-state index in [0.29, 0.717) is 5.82 Å². The number of nitrogens with zero attached hydrogens (tertiary/aromatic N) is 2. The number of hydrogen-bond acceptors (Lipinski definition) is 3. The molecule has 0 aliphatic rings. The zero-order valence-electron chi connectivity index (χ0n) is 9.45. The number of carbonyl (C=O) groups is 1. The van der Waals surface area contributed by atoms with E-state index in [1.807, 2.05) is 13.0 Å². The predicted octanol–water partition coefficient (Wildman–Crippen LogP) is 3.34. The van der Waals surface area contributed by atoms with E-state index in [1.54, 1.807) is 12.3 Å². The highest BCUT2D eigenvalue weighted by Gasteiger charge is 2.12. The highest BCUT2D eigenvalue weighted by Crippen LogP contribution is 2.19. The van der Waals surface area contributed by atoms with Gasteiger partial charge in [-0.2, -0.15) is 0 Å². The number of hydrogen-bond donors (Lipinski definition) is 1. The lowest BCUT2D eigenvalue weighted by molar-refractivity contribution is 0.102. The second kappa shape index (κ2) is 5.33. The van der Waals surface area contributed by atoms with Gasteiger partial charge in [-0.25, -0.2) is 9.97 Å². The van der Waals surface area contributed by atoms with Crippen LogP contribution in [0.2, 0.25) is 10.2 Å². The van der Waals surface area contributed by atoms with Gasteiger partial charge in [0.1, 0.15) is 11.0 Å². The maximum atomic E-state index is 12.0. The summed E-state index contributed by atoms with van der Waals surface area (Å²) in [6, 6.07) is 4.97. The van der Waals surface area contributed by atoms with Crippen LogP contribution in [0.3, 0.4) is 0 Å². The third-order valence-corrected chi connectivity index (χ3v) is 2.73. The molecule has 1 amide bonds. The lowest BCUT2D eigenvalue weighted by Gasteiger charge is -2.06. The van der Waals surface area contributed by atoms with Gasteiger partial charge in [-0.15, -0.1) is 0 Å². The van der Waals surface area contributed by atoms with Gasteiger partial charge in [-0.1, -0.05) is 29.3 Å². The normalized spacial score (nSPS) is 10.2. The topological polar surface area (TPSA) is 54.9 Å². The minimum absolute atomic E-state index is 0.210. The van der Waals surface area contributed by atoms with Gasteiger partial charge < -0.3 is 5.32 Å². The standard InChI is InChI=1S/C12H9Cl2N3O/c1-7-2-3-11(16-5-7)17-12(18)8-4-10(14)15-6-9(8)13/h2-6H,1H3,(H,16,17,18). The van der Waals surface area contributed by atoms with Crippen molar-refractivity contribution in [3.05, 3.63) is 51.9 Å². The van der Waals surface area contributed by atoms with Crippen LogP contribution in [0.4, 0.5) is 5.82 Å². The summed E-state index contributed by atoms with van der Waals surface area (Å²) in [4.78, 5) is 19.8. The Bertz CT molecular complexity index is 584. The van der Waals surface area contributed by atoms with Crippen molar-refractivity contribution in [2.45, 2.75) is 6.92 Å². The number of anilines is 1. The number of halogens is 2. The fraction of sp³-hybridized carbons (Fsp3) is 0.0833. The SMILES string of the molecule is Cc1ccc(NC(=O)c2cc(Cl)ncc2Cl)nc1. The largest absolute Gasteiger partial charge is 0.307 e. The van der Waals surface area contributed by atoms with Gasteiger partial charge >= 0.3 is 0 Å². The number of nitrogens with one attached hydrogen (secondary N) is 1. The highest BCUT2D eigenvalue weighted by atomic mass is 35.5. The maximum Gasteiger partial charge on any atom is 0.258 e. The van der Waals surface area contributed by atoms with Crippen LogP contribution in [0.1, 0.15) is 15.9 Å². The first kappa shape index (κ1) is 12.8. The van der Waals surface area contributed by atoms with E-state index in [0.717, 1.165) is 5.56 Å². The van der Waals surface area contributed by atoms with Crippen LogP contribution < -0.4 is 5.32 Å². The first-order valence-corrected chi connectivity index (χ1v) is 5.87. The molecule has 4 nitrogen and oxygen atoms in total. The van der Waals surface area contributed by atoms with Gasteiger partial charge in [0.05, 0.1) is 10.6 Å². The van der Waals surface area contributed by atoms with Crippen molar-refractivity contribution in [1.29, 1.82) is 0 Å². The monoisotopic (exact) mass is 281 g/mol. The summed E-state index contributed by atoms with van der Waals surface area (Å²) < 4.78 is 0. The quantitative estimate of drug-likeness (QED) is 0.859. The molecule has 0 bridgehead atoms. The van der Waals surface area contributed by atoms with Crippen molar-refractivity contribution in [2.24, 2.45) is 0 Å². The summed E-state index contributed by atoms with van der Waals surface area (Å²) >= 11 is 11.6. The van der Waals surface area contributed by atoms with E-state index >= 15 is 0 Å². The summed E-state index contributed by atoms with van der Waals surface area (Å²) in [7, 11) is 0. The number of rotatable bonds is 2. The van der Waals surface area contributed by atoms with E-state index in [9.17, 15) is 4.79 Å². The average molecular weight is 282 g/mol. The molecule has 0 spiro atoms. The third kappa shape index (κ3) is 2.97. The average Bonchev–Trinajstić information content (AvgIpc) is 2.35. The van der Waals surface area contributed by atoms with Crippen molar-refractivity contribution in [3.63, 3.8) is 0 Å². The summed E-state index contributed by atoms with van der Waals surface area (Å²) in [6.07, 6.45) is 3.00. The molecule has 0 unspecified atom stereocenters. The van der Waals surface area contributed by atoms with Gasteiger partial charge in [0.2, 0.25) is 0 Å². The minimum atomic E-state index is -0.374. The molecule has 2 aromatic heterocycles. The summed E-state index contributed by atoms with van der Waals surface area (Å²) in [5.41, 5.74) is 1.28. The molecule has 2 heterocycles. The number of aryl methyl sites for hydroxylation is 1. The molecule has 0 atom stereocenters. The van der Waals surface area contributed by atoms with Gasteiger partial charge in [0, 0.05) is 12.4 Å². The molecule has 0 saturated carbocycles. The Labute approximate surface area is 114 Å². The fourth-order valence-corrected chi connectivity index (χ4v) is 1.66. The van der Waals surface area contributed by atoms with Gasteiger partial charge in [0.15, 0.2) is 0 Å². The molecule has 0 radical (unpaired) electrons. The number of aromatic nitrogens is 2. The molecule has 1 N–H and O–H groups in total. The highest BCUT2D eigenvalue weighted by molar-refractivity contribution is 6.35. The summed E-state index contributed by atoms with van der Waals surface area (Å²) in [6.45, 7) is 1.91. The Morgan fingerprint density at radius 1 is 1.22 bits per heavy atom. The Morgan fingerprint density at radius 2 is 2.00 bits per heavy atom. The van der Waals surface area contributed by atoms with E-state index in [4.69, 9.17) is 23.2 Å². The van der Waals surface area contributed by atoms with E-state index < -0.39 is 0 Å². The predicted molar refractivity (Wildman–Crippen MR) is 71.2 cm³/mol. The molecular weight excluding hydrogens is 273 g/mol. The zero-order valence-corrected chi connectivity index (χ0v) is 11.0. The van der Waals surface area contributed by atoms with Crippen molar-refractivity contribution >= 4 is 34.9 Å². The second-order valence-corrected chi connectivity index (χ2v) is 4.46. The van der Waals surface area contributed by atoms with Crippen LogP contribution >= 0.6 is 23.2 Å². The van der Waals surface area contributed by atoms with Crippen LogP contribution in [0, 0.1) is 6.92 Å². The molecule has 92 valence electrons. The van der Waals surface area contributed by atoms with Crippen molar-refractivity contribution in [3.8, 4) is 0 Å². The van der Waals surface area contributed by atoms with Gasteiger partial charge in [-0.05, 0) is 24.6 Å². The van der Waals surface area contributed by atoms with Crippen molar-refractivity contribution in [1.82, 2.24) is 9.97 Å². The first-order valence-electron chi connectivity index (χ1n) is 5.11. The molecule has 0 aliphatic carbocycles. The van der Waals surface area contributed by atoms with Crippen molar-refractivity contribution < 1.29 is 4.79 Å². The summed E-state index contributed by atoms with van der Waals surface area (Å²) in [5, 5.41) is 3.08. The fourth-order valence-electron chi connectivity index (χ4n) is 1.31. The lowest BCUT2D eigenvalue weighted by atomic mass is 10.2. The van der Waals surface area contributed by atoms with Crippen LogP contribution in [0.5, 0.6) is 0 Å². The van der Waals surface area contributed by atoms with E-state index in [1.165, 1.54) is 12.3 Å². The minimum Gasteiger partial charge on any atom is -0.307 e. The molecule has 2 aromatic rings. The molecule has 18 heavy (non-hydrogen) atoms. The van der Waals surface area contributed by atoms with Crippen molar-refractivity contribution in [2.75, 3.05) is 5.32 Å². The van der Waals surface area contributed by atoms with E-state index in [-0.39, 0.29) is 21.6 Å². The number of amides is 1. The molecule has 0 saturated heterocycles. The number of pyridine rings is 2. The Kier molecular flexibility index (Phi) is 3.79. The molecule has 0 aromatic carbocycles. The zero-order chi connectivity index (χ0) is 13.1. The molecule has 6 heteroatoms. The molecule has 0 aliphatic heterocycles. The van der Waals surface area contributed by atoms with Crippen LogP contribution in [-0.2, 0) is 0 Å². The van der Waals surface area contributed by atoms with Crippen LogP contribution in [0.15, 0.2) is 30.6 Å². The molecular formula is C12H9Cl2N3O. The van der Waals surface area contributed by atoms with Crippen LogP contribution in [-0.4, -0.2) is 15.9 Å². The third-order valence-electron chi connectivity index (χ3n) is 2.22. The van der Waals surface area contributed by atoms with E-state index in [2.05, 4.69) is 15.3 Å². The van der Waals surface area contributed by atoms with Gasteiger partial charge in [0.25, 0.3) is 5.91 Å². The lowest BCUT2D eigenvalue weighted by Crippen LogP contribution is -2.13. The molecule has 0 fully saturated rings. The Hall–Kier alpha value is -1.65. The summed E-state index contributed by atoms with van der Waals surface area (Å²) in [5.74, 6) is 0.0789. The smallest absolute Gasteiger partial charge is 0.258 e. The Balaban J connectivity index is 2.21. The van der Waals surface area contributed by atoms with Gasteiger partial charge in [-0.3, -0.25) is 4.79 Å². The number of carbonyl (C=O) groups excluding carboxylic acids is 1. The second-order valence-electron chi connectivity index (χ2n) is 3.66. The first-order chi connectivity index (χ1) is 8.56. The Morgan fingerprint density at radius 3 is 2.67 bits per heavy atom.